The minimum atomic E-state index is 0.400. The highest BCUT2D eigenvalue weighted by molar-refractivity contribution is 5.52. The van der Waals surface area contributed by atoms with Crippen LogP contribution in [0.3, 0.4) is 0 Å². The second kappa shape index (κ2) is 5.22. The van der Waals surface area contributed by atoms with Crippen LogP contribution >= 0.6 is 0 Å². The molecule has 20 heavy (non-hydrogen) atoms. The average Bonchev–Trinajstić information content (AvgIpc) is 3.00. The van der Waals surface area contributed by atoms with Gasteiger partial charge in [-0.15, -0.1) is 0 Å². The van der Waals surface area contributed by atoms with Crippen molar-refractivity contribution in [2.24, 2.45) is 11.8 Å². The van der Waals surface area contributed by atoms with Crippen molar-refractivity contribution in [3.05, 3.63) is 29.7 Å². The molecule has 1 aliphatic carbocycles. The minimum Gasteiger partial charge on any atom is -0.457 e. The Morgan fingerprint density at radius 1 is 1.45 bits per heavy atom. The lowest BCUT2D eigenvalue weighted by Gasteiger charge is -2.05. The molecule has 6 heteroatoms. The number of aromatic nitrogens is 2. The SMILES string of the molecule is COCc1cc(NN)nc(-c2ccc(C3CC3C)o2)n1. The zero-order valence-corrected chi connectivity index (χ0v) is 11.6. The smallest absolute Gasteiger partial charge is 0.197 e. The number of hydrogen-bond donors (Lipinski definition) is 2. The summed E-state index contributed by atoms with van der Waals surface area (Å²) in [7, 11) is 1.62. The van der Waals surface area contributed by atoms with E-state index in [9.17, 15) is 0 Å². The third-order valence-corrected chi connectivity index (χ3v) is 3.54. The summed E-state index contributed by atoms with van der Waals surface area (Å²) >= 11 is 0. The van der Waals surface area contributed by atoms with Gasteiger partial charge < -0.3 is 14.6 Å². The summed E-state index contributed by atoms with van der Waals surface area (Å²) in [6, 6.07) is 5.66. The number of hydrogen-bond acceptors (Lipinski definition) is 6. The average molecular weight is 274 g/mol. The van der Waals surface area contributed by atoms with Crippen LogP contribution in [0, 0.1) is 5.92 Å². The summed E-state index contributed by atoms with van der Waals surface area (Å²) in [6.07, 6.45) is 1.19. The van der Waals surface area contributed by atoms with Crippen molar-refractivity contribution in [3.8, 4) is 11.6 Å². The van der Waals surface area contributed by atoms with Gasteiger partial charge in [-0.3, -0.25) is 0 Å². The van der Waals surface area contributed by atoms with Crippen LogP contribution in [0.4, 0.5) is 5.82 Å². The Morgan fingerprint density at radius 3 is 2.90 bits per heavy atom. The van der Waals surface area contributed by atoms with Crippen LogP contribution in [0.5, 0.6) is 0 Å². The number of furan rings is 1. The van der Waals surface area contributed by atoms with Crippen LogP contribution in [-0.4, -0.2) is 17.1 Å². The zero-order chi connectivity index (χ0) is 14.1. The molecule has 0 aliphatic heterocycles. The van der Waals surface area contributed by atoms with Crippen molar-refractivity contribution in [1.29, 1.82) is 0 Å². The lowest BCUT2D eigenvalue weighted by Crippen LogP contribution is -2.10. The first-order valence-corrected chi connectivity index (χ1v) is 6.65. The molecule has 2 heterocycles. The van der Waals surface area contributed by atoms with Crippen molar-refractivity contribution in [2.75, 3.05) is 12.5 Å². The topological polar surface area (TPSA) is 86.2 Å². The predicted octanol–water partition coefficient (Wildman–Crippen LogP) is 2.29. The summed E-state index contributed by atoms with van der Waals surface area (Å²) in [6.45, 7) is 2.62. The molecule has 1 fully saturated rings. The quantitative estimate of drug-likeness (QED) is 0.642. The van der Waals surface area contributed by atoms with Crippen LogP contribution in [0.15, 0.2) is 22.6 Å². The van der Waals surface area contributed by atoms with Crippen molar-refractivity contribution in [3.63, 3.8) is 0 Å². The van der Waals surface area contributed by atoms with Crippen LogP contribution < -0.4 is 11.3 Å². The van der Waals surface area contributed by atoms with E-state index in [1.807, 2.05) is 12.1 Å². The predicted molar refractivity (Wildman–Crippen MR) is 74.8 cm³/mol. The molecule has 3 N–H and O–H groups in total. The highest BCUT2D eigenvalue weighted by Crippen LogP contribution is 2.47. The molecule has 1 aliphatic rings. The van der Waals surface area contributed by atoms with Gasteiger partial charge in [-0.25, -0.2) is 15.8 Å². The first-order chi connectivity index (χ1) is 9.71. The van der Waals surface area contributed by atoms with E-state index in [1.54, 1.807) is 13.2 Å². The Bertz CT molecular complexity index is 611. The van der Waals surface area contributed by atoms with Gasteiger partial charge in [0.25, 0.3) is 0 Å². The molecule has 0 bridgehead atoms. The summed E-state index contributed by atoms with van der Waals surface area (Å²) in [5.41, 5.74) is 3.29. The van der Waals surface area contributed by atoms with E-state index < -0.39 is 0 Å². The molecule has 2 atom stereocenters. The first-order valence-electron chi connectivity index (χ1n) is 6.65. The van der Waals surface area contributed by atoms with Crippen molar-refractivity contribution in [2.45, 2.75) is 25.9 Å². The van der Waals surface area contributed by atoms with Gasteiger partial charge in [0, 0.05) is 19.1 Å². The third kappa shape index (κ3) is 2.52. The van der Waals surface area contributed by atoms with E-state index in [-0.39, 0.29) is 0 Å². The highest BCUT2D eigenvalue weighted by Gasteiger charge is 2.36. The van der Waals surface area contributed by atoms with Crippen LogP contribution in [0.25, 0.3) is 11.6 Å². The number of nitrogens with one attached hydrogen (secondary N) is 1. The van der Waals surface area contributed by atoms with E-state index in [4.69, 9.17) is 15.0 Å². The Balaban J connectivity index is 1.91. The molecule has 2 aromatic rings. The fraction of sp³-hybridized carbons (Fsp3) is 0.429. The Kier molecular flexibility index (Phi) is 3.42. The summed E-state index contributed by atoms with van der Waals surface area (Å²) in [5, 5.41) is 0. The second-order valence-corrected chi connectivity index (χ2v) is 5.17. The van der Waals surface area contributed by atoms with Gasteiger partial charge in [-0.2, -0.15) is 0 Å². The number of rotatable bonds is 5. The molecule has 3 rings (SSSR count). The monoisotopic (exact) mass is 274 g/mol. The normalized spacial score (nSPS) is 20.9. The van der Waals surface area contributed by atoms with E-state index in [1.165, 1.54) is 6.42 Å². The molecule has 0 radical (unpaired) electrons. The number of anilines is 1. The number of nitrogen functional groups attached to an aromatic ring is 1. The summed E-state index contributed by atoms with van der Waals surface area (Å²) < 4.78 is 11.0. The van der Waals surface area contributed by atoms with Gasteiger partial charge in [0.1, 0.15) is 11.6 Å². The Hall–Kier alpha value is -1.92. The number of nitrogens with zero attached hydrogens (tertiary/aromatic N) is 2. The number of methoxy groups -OCH3 is 1. The van der Waals surface area contributed by atoms with Gasteiger partial charge in [-0.1, -0.05) is 6.92 Å². The molecule has 0 spiro atoms. The zero-order valence-electron chi connectivity index (χ0n) is 11.6. The lowest BCUT2D eigenvalue weighted by atomic mass is 10.3. The van der Waals surface area contributed by atoms with Crippen LogP contribution in [0.2, 0.25) is 0 Å². The number of nitrogens with two attached hydrogens (primary N) is 1. The second-order valence-electron chi connectivity index (χ2n) is 5.17. The molecule has 106 valence electrons. The Morgan fingerprint density at radius 2 is 2.25 bits per heavy atom. The van der Waals surface area contributed by atoms with E-state index in [0.29, 0.717) is 35.8 Å². The molecular weight excluding hydrogens is 256 g/mol. The van der Waals surface area contributed by atoms with E-state index in [2.05, 4.69) is 22.3 Å². The maximum Gasteiger partial charge on any atom is 0.197 e. The number of hydrazine groups is 1. The fourth-order valence-electron chi connectivity index (χ4n) is 2.29. The van der Waals surface area contributed by atoms with Crippen LogP contribution in [-0.2, 0) is 11.3 Å². The van der Waals surface area contributed by atoms with Gasteiger partial charge in [0.2, 0.25) is 0 Å². The fourth-order valence-corrected chi connectivity index (χ4v) is 2.29. The maximum atomic E-state index is 5.86. The first kappa shape index (κ1) is 13.1. The molecule has 1 saturated carbocycles. The van der Waals surface area contributed by atoms with Gasteiger partial charge in [0.15, 0.2) is 11.6 Å². The number of ether oxygens (including phenoxy) is 1. The van der Waals surface area contributed by atoms with Crippen molar-refractivity contribution < 1.29 is 9.15 Å². The highest BCUT2D eigenvalue weighted by atomic mass is 16.5. The molecular formula is C14H18N4O2. The van der Waals surface area contributed by atoms with Crippen LogP contribution in [0.1, 0.15) is 30.7 Å². The van der Waals surface area contributed by atoms with Crippen molar-refractivity contribution in [1.82, 2.24) is 9.97 Å². The minimum absolute atomic E-state index is 0.400. The van der Waals surface area contributed by atoms with Gasteiger partial charge in [0.05, 0.1) is 12.3 Å². The standard InChI is InChI=1S/C14H18N4O2/c1-8-5-10(8)11-3-4-12(20-11)14-16-9(7-19-2)6-13(17-14)18-15/h3-4,6,8,10H,5,7,15H2,1-2H3,(H,16,17,18). The van der Waals surface area contributed by atoms with Crippen molar-refractivity contribution >= 4 is 5.82 Å². The molecule has 2 unspecified atom stereocenters. The largest absolute Gasteiger partial charge is 0.457 e. The van der Waals surface area contributed by atoms with Gasteiger partial charge in [-0.05, 0) is 24.5 Å². The summed E-state index contributed by atoms with van der Waals surface area (Å²) in [4.78, 5) is 8.75. The maximum absolute atomic E-state index is 5.86. The third-order valence-electron chi connectivity index (χ3n) is 3.54. The molecule has 2 aromatic heterocycles. The van der Waals surface area contributed by atoms with Gasteiger partial charge >= 0.3 is 0 Å². The molecule has 0 amide bonds. The summed E-state index contributed by atoms with van der Waals surface area (Å²) in [5.74, 6) is 9.41. The lowest BCUT2D eigenvalue weighted by molar-refractivity contribution is 0.181. The molecule has 0 saturated heterocycles. The van der Waals surface area contributed by atoms with E-state index in [0.717, 1.165) is 11.5 Å². The molecule has 0 aromatic carbocycles. The molecule has 6 nitrogen and oxygen atoms in total. The Labute approximate surface area is 117 Å². The van der Waals surface area contributed by atoms with E-state index >= 15 is 0 Å².